The monoisotopic (exact) mass is 585 g/mol. The molecule has 2 aliphatic heterocycles. The third-order valence-corrected chi connectivity index (χ3v) is 8.84. The van der Waals surface area contributed by atoms with Crippen LogP contribution in [0.3, 0.4) is 0 Å². The summed E-state index contributed by atoms with van der Waals surface area (Å²) in [5.41, 5.74) is 4.94. The normalized spacial score (nSPS) is 16.7. The average molecular weight is 586 g/mol. The van der Waals surface area contributed by atoms with E-state index in [1.54, 1.807) is 23.8 Å². The molecular formula is C32H36ClN7O2. The Morgan fingerprint density at radius 2 is 1.71 bits per heavy atom. The van der Waals surface area contributed by atoms with E-state index in [1.807, 2.05) is 29.2 Å². The van der Waals surface area contributed by atoms with Crippen LogP contribution in [0.4, 0.5) is 17.3 Å². The van der Waals surface area contributed by atoms with E-state index in [9.17, 15) is 9.59 Å². The second-order valence-electron chi connectivity index (χ2n) is 11.3. The van der Waals surface area contributed by atoms with Crippen molar-refractivity contribution >= 4 is 45.9 Å². The fourth-order valence-corrected chi connectivity index (χ4v) is 6.33. The fourth-order valence-electron chi connectivity index (χ4n) is 6.10. The van der Waals surface area contributed by atoms with Gasteiger partial charge in [-0.05, 0) is 62.7 Å². The molecule has 0 radical (unpaired) electrons. The van der Waals surface area contributed by atoms with E-state index < -0.39 is 0 Å². The number of carbonyl (C=O) groups is 1. The predicted octanol–water partition coefficient (Wildman–Crippen LogP) is 5.10. The van der Waals surface area contributed by atoms with E-state index in [2.05, 4.69) is 52.3 Å². The van der Waals surface area contributed by atoms with E-state index >= 15 is 0 Å². The maximum atomic E-state index is 14.1. The highest BCUT2D eigenvalue weighted by Crippen LogP contribution is 2.31. The van der Waals surface area contributed by atoms with E-state index in [-0.39, 0.29) is 17.5 Å². The first-order chi connectivity index (χ1) is 20.3. The average Bonchev–Trinajstić information content (AvgIpc) is 2.98. The Bertz CT molecular complexity index is 1690. The van der Waals surface area contributed by atoms with Crippen molar-refractivity contribution in [2.24, 2.45) is 0 Å². The van der Waals surface area contributed by atoms with Gasteiger partial charge >= 0.3 is 0 Å². The number of amides is 1. The summed E-state index contributed by atoms with van der Waals surface area (Å²) in [5, 5.41) is 4.63. The fraction of sp³-hybridized carbons (Fsp3) is 0.375. The molecule has 0 atom stereocenters. The van der Waals surface area contributed by atoms with Gasteiger partial charge in [0, 0.05) is 91.3 Å². The van der Waals surface area contributed by atoms with Crippen molar-refractivity contribution in [2.75, 3.05) is 56.5 Å². The zero-order chi connectivity index (χ0) is 29.4. The second kappa shape index (κ2) is 11.7. The summed E-state index contributed by atoms with van der Waals surface area (Å²) in [4.78, 5) is 42.2. The Balaban J connectivity index is 1.36. The van der Waals surface area contributed by atoms with Gasteiger partial charge in [-0.15, -0.1) is 0 Å². The number of aromatic nitrogens is 3. The zero-order valence-corrected chi connectivity index (χ0v) is 25.1. The van der Waals surface area contributed by atoms with Gasteiger partial charge in [0.1, 0.15) is 5.65 Å². The number of nitrogens with one attached hydrogen (secondary N) is 1. The lowest BCUT2D eigenvalue weighted by atomic mass is 10.0. The van der Waals surface area contributed by atoms with Crippen molar-refractivity contribution < 1.29 is 4.79 Å². The van der Waals surface area contributed by atoms with Crippen molar-refractivity contribution in [1.82, 2.24) is 24.3 Å². The molecule has 2 aromatic heterocycles. The smallest absolute Gasteiger partial charge is 0.260 e. The number of pyridine rings is 1. The molecule has 0 saturated carbocycles. The van der Waals surface area contributed by atoms with Gasteiger partial charge in [-0.1, -0.05) is 29.8 Å². The number of nitrogens with zero attached hydrogens (tertiary/aromatic N) is 6. The van der Waals surface area contributed by atoms with Crippen molar-refractivity contribution in [3.8, 4) is 11.1 Å². The lowest BCUT2D eigenvalue weighted by molar-refractivity contribution is -0.130. The van der Waals surface area contributed by atoms with Crippen LogP contribution in [0.2, 0.25) is 5.02 Å². The van der Waals surface area contributed by atoms with Gasteiger partial charge in [0.25, 0.3) is 5.56 Å². The minimum absolute atomic E-state index is 0.0539. The quantitative estimate of drug-likeness (QED) is 0.349. The lowest BCUT2D eigenvalue weighted by Gasteiger charge is -2.35. The van der Waals surface area contributed by atoms with Gasteiger partial charge in [-0.25, -0.2) is 4.98 Å². The summed E-state index contributed by atoms with van der Waals surface area (Å²) in [6.07, 6.45) is 3.09. The van der Waals surface area contributed by atoms with Gasteiger partial charge in [-0.2, -0.15) is 4.98 Å². The first-order valence-corrected chi connectivity index (χ1v) is 14.9. The van der Waals surface area contributed by atoms with Crippen LogP contribution in [0.15, 0.2) is 59.5 Å². The summed E-state index contributed by atoms with van der Waals surface area (Å²) in [6.45, 7) is 9.04. The van der Waals surface area contributed by atoms with Gasteiger partial charge in [0.15, 0.2) is 0 Å². The molecule has 4 aromatic rings. The molecule has 0 bridgehead atoms. The number of fused-ring (bicyclic) bond motifs is 1. The first-order valence-electron chi connectivity index (χ1n) is 14.5. The molecule has 2 fully saturated rings. The van der Waals surface area contributed by atoms with Crippen LogP contribution in [0.1, 0.15) is 31.4 Å². The number of piperazine rings is 1. The molecule has 4 heterocycles. The van der Waals surface area contributed by atoms with Gasteiger partial charge in [-0.3, -0.25) is 14.2 Å². The Hall–Kier alpha value is -3.95. The number of likely N-dealkylation sites (N-methyl/N-ethyl adjacent to an activating group) is 1. The van der Waals surface area contributed by atoms with E-state index in [0.29, 0.717) is 53.7 Å². The molecular weight excluding hydrogens is 550 g/mol. The topological polar surface area (TPSA) is 86.6 Å². The number of carbonyl (C=O) groups excluding carboxylic acids is 1. The molecule has 2 aromatic carbocycles. The van der Waals surface area contributed by atoms with E-state index in [4.69, 9.17) is 16.6 Å². The van der Waals surface area contributed by atoms with Crippen LogP contribution in [-0.2, 0) is 4.79 Å². The molecule has 9 nitrogen and oxygen atoms in total. The summed E-state index contributed by atoms with van der Waals surface area (Å²) in [5.74, 6) is 0.479. The van der Waals surface area contributed by atoms with Crippen LogP contribution < -0.4 is 15.8 Å². The van der Waals surface area contributed by atoms with Crippen LogP contribution in [-0.4, -0.2) is 76.6 Å². The summed E-state index contributed by atoms with van der Waals surface area (Å²) >= 11 is 6.53. The molecule has 2 saturated heterocycles. The second-order valence-corrected chi connectivity index (χ2v) is 11.7. The molecule has 1 amide bonds. The van der Waals surface area contributed by atoms with Crippen molar-refractivity contribution in [3.63, 3.8) is 0 Å². The standard InChI is InChI=1S/C32H36ClN7O2/c1-21-18-24(8-9-29(21)39-16-14-37(3)15-17-39)35-32-34-20-23-19-27(26-6-4-5-7-28(26)33)31(42)40(30(23)36-32)25-10-12-38(13-11-25)22(2)41/h4-9,18-20,25H,10-17H2,1-3H3,(H,34,35,36). The molecule has 0 unspecified atom stereocenters. The number of likely N-dealkylation sites (tertiary alicyclic amines) is 1. The number of rotatable bonds is 5. The predicted molar refractivity (Wildman–Crippen MR) is 169 cm³/mol. The Kier molecular flexibility index (Phi) is 7.88. The van der Waals surface area contributed by atoms with E-state index in [1.165, 1.54) is 11.3 Å². The maximum absolute atomic E-state index is 14.1. The number of hydrogen-bond donors (Lipinski definition) is 1. The minimum atomic E-state index is -0.145. The van der Waals surface area contributed by atoms with E-state index in [0.717, 1.165) is 37.3 Å². The summed E-state index contributed by atoms with van der Waals surface area (Å²) < 4.78 is 1.79. The Labute approximate surface area is 250 Å². The summed E-state index contributed by atoms with van der Waals surface area (Å²) in [6, 6.07) is 15.4. The molecule has 218 valence electrons. The highest BCUT2D eigenvalue weighted by molar-refractivity contribution is 6.33. The number of anilines is 3. The lowest BCUT2D eigenvalue weighted by Crippen LogP contribution is -2.44. The van der Waals surface area contributed by atoms with Gasteiger partial charge in [0.2, 0.25) is 11.9 Å². The molecule has 6 rings (SSSR count). The number of halogens is 1. The number of hydrogen-bond acceptors (Lipinski definition) is 7. The molecule has 2 aliphatic rings. The van der Waals surface area contributed by atoms with Gasteiger partial charge < -0.3 is 20.0 Å². The van der Waals surface area contributed by atoms with Crippen molar-refractivity contribution in [3.05, 3.63) is 75.7 Å². The minimum Gasteiger partial charge on any atom is -0.369 e. The van der Waals surface area contributed by atoms with Crippen molar-refractivity contribution in [1.29, 1.82) is 0 Å². The zero-order valence-electron chi connectivity index (χ0n) is 24.3. The number of aryl methyl sites for hydroxylation is 1. The SMILES string of the molecule is CC(=O)N1CCC(n2c(=O)c(-c3ccccc3Cl)cc3cnc(Nc4ccc(N5CCN(C)CC5)c(C)c4)nc32)CC1. The third-order valence-electron chi connectivity index (χ3n) is 8.51. The highest BCUT2D eigenvalue weighted by atomic mass is 35.5. The molecule has 42 heavy (non-hydrogen) atoms. The maximum Gasteiger partial charge on any atom is 0.260 e. The van der Waals surface area contributed by atoms with Gasteiger partial charge in [0.05, 0.1) is 0 Å². The van der Waals surface area contributed by atoms with Crippen LogP contribution in [0.5, 0.6) is 0 Å². The Morgan fingerprint density at radius 3 is 2.40 bits per heavy atom. The highest BCUT2D eigenvalue weighted by Gasteiger charge is 2.26. The van der Waals surface area contributed by atoms with Crippen LogP contribution >= 0.6 is 11.6 Å². The molecule has 0 aliphatic carbocycles. The molecule has 10 heteroatoms. The van der Waals surface area contributed by atoms with Crippen molar-refractivity contribution in [2.45, 2.75) is 32.7 Å². The Morgan fingerprint density at radius 1 is 0.976 bits per heavy atom. The summed E-state index contributed by atoms with van der Waals surface area (Å²) in [7, 11) is 2.16. The first kappa shape index (κ1) is 28.2. The number of benzene rings is 2. The van der Waals surface area contributed by atoms with Crippen LogP contribution in [0.25, 0.3) is 22.2 Å². The van der Waals surface area contributed by atoms with Crippen LogP contribution in [0, 0.1) is 6.92 Å². The number of piperidine rings is 1. The molecule has 0 spiro atoms. The third kappa shape index (κ3) is 5.58. The largest absolute Gasteiger partial charge is 0.369 e. The molecule has 1 N–H and O–H groups in total.